The molecule has 33 heavy (non-hydrogen) atoms. The summed E-state index contributed by atoms with van der Waals surface area (Å²) in [6.07, 6.45) is 4.80. The van der Waals surface area contributed by atoms with E-state index in [2.05, 4.69) is 37.5 Å². The van der Waals surface area contributed by atoms with Gasteiger partial charge in [-0.1, -0.05) is 33.3 Å². The molecule has 4 nitrogen and oxygen atoms in total. The molecule has 0 unspecified atom stereocenters. The van der Waals surface area contributed by atoms with Crippen molar-refractivity contribution in [3.63, 3.8) is 0 Å². The number of hydrogen-bond donors (Lipinski definition) is 1. The smallest absolute Gasteiger partial charge is 0.129 e. The fourth-order valence-corrected chi connectivity index (χ4v) is 5.62. The van der Waals surface area contributed by atoms with Crippen LogP contribution in [-0.2, 0) is 15.8 Å². The summed E-state index contributed by atoms with van der Waals surface area (Å²) < 4.78 is 29.2. The second kappa shape index (κ2) is 8.44. The van der Waals surface area contributed by atoms with Crippen LogP contribution in [0.3, 0.4) is 0 Å². The van der Waals surface area contributed by atoms with Gasteiger partial charge in [0.1, 0.15) is 11.6 Å². The van der Waals surface area contributed by atoms with Crippen LogP contribution in [-0.4, -0.2) is 29.0 Å². The highest BCUT2D eigenvalue weighted by Gasteiger charge is 2.50. The molecule has 2 heterocycles. The zero-order valence-electron chi connectivity index (χ0n) is 19.9. The van der Waals surface area contributed by atoms with Crippen molar-refractivity contribution in [2.24, 2.45) is 0 Å². The molecule has 1 N–H and O–H groups in total. The first-order chi connectivity index (χ1) is 15.9. The van der Waals surface area contributed by atoms with Crippen molar-refractivity contribution in [2.45, 2.75) is 76.4 Å². The Balaban J connectivity index is 1.82. The van der Waals surface area contributed by atoms with Gasteiger partial charge in [-0.2, -0.15) is 0 Å². The summed E-state index contributed by atoms with van der Waals surface area (Å²) in [6, 6.07) is 13.0. The fourth-order valence-electron chi connectivity index (χ4n) is 5.62. The summed E-state index contributed by atoms with van der Waals surface area (Å²) >= 11 is 0. The number of aromatic nitrogens is 1. The van der Waals surface area contributed by atoms with Crippen LogP contribution in [0.1, 0.15) is 70.6 Å². The van der Waals surface area contributed by atoms with E-state index in [0.29, 0.717) is 13.2 Å². The fraction of sp³-hybridized carbons (Fsp3) is 0.500. The Morgan fingerprint density at radius 3 is 2.55 bits per heavy atom. The monoisotopic (exact) mass is 451 g/mol. The predicted octanol–water partition coefficient (Wildman–Crippen LogP) is 6.39. The summed E-state index contributed by atoms with van der Waals surface area (Å²) in [6.45, 7) is 7.86. The van der Waals surface area contributed by atoms with Crippen LogP contribution < -0.4 is 4.74 Å². The average Bonchev–Trinajstić information content (AvgIpc) is 3.18. The highest BCUT2D eigenvalue weighted by molar-refractivity contribution is 5.94. The van der Waals surface area contributed by atoms with Crippen LogP contribution in [0.15, 0.2) is 42.5 Å². The minimum atomic E-state index is -0.447. The van der Waals surface area contributed by atoms with E-state index in [0.717, 1.165) is 60.9 Å². The minimum Gasteiger partial charge on any atom is -0.493 e. The molecule has 2 aliphatic rings. The molecule has 0 amide bonds. The summed E-state index contributed by atoms with van der Waals surface area (Å²) in [5, 5.41) is 11.4. The average molecular weight is 452 g/mol. The van der Waals surface area contributed by atoms with Crippen molar-refractivity contribution in [3.05, 3.63) is 59.5 Å². The Morgan fingerprint density at radius 1 is 1.12 bits per heavy atom. The molecule has 0 atom stereocenters. The maximum absolute atomic E-state index is 13.8. The Morgan fingerprint density at radius 2 is 1.85 bits per heavy atom. The van der Waals surface area contributed by atoms with Crippen molar-refractivity contribution >= 4 is 10.9 Å². The zero-order chi connectivity index (χ0) is 23.2. The topological polar surface area (TPSA) is 43.6 Å². The Labute approximate surface area is 195 Å². The van der Waals surface area contributed by atoms with Gasteiger partial charge in [-0.25, -0.2) is 4.39 Å². The number of unbranched alkanes of at least 4 members (excludes halogenated alkanes) is 1. The van der Waals surface area contributed by atoms with Crippen molar-refractivity contribution in [3.8, 4) is 11.4 Å². The molecular weight excluding hydrogens is 417 g/mol. The van der Waals surface area contributed by atoms with E-state index in [4.69, 9.17) is 9.47 Å². The molecule has 1 aliphatic heterocycles. The third-order valence-electron chi connectivity index (χ3n) is 7.36. The molecule has 0 bridgehead atoms. The molecule has 1 spiro atoms. The highest BCUT2D eigenvalue weighted by Crippen LogP contribution is 2.54. The van der Waals surface area contributed by atoms with E-state index in [1.54, 1.807) is 0 Å². The van der Waals surface area contributed by atoms with Crippen molar-refractivity contribution in [1.29, 1.82) is 0 Å². The maximum Gasteiger partial charge on any atom is 0.129 e. The molecule has 5 heteroatoms. The number of fused-ring (bicyclic) bond motifs is 4. The standard InChI is InChI=1S/C28H34FNO3/c1-4-5-17-32-23-8-6-7-22-24(23)25-26(30(22)20-11-9-19(29)10-12-20)27(2,3)18-33-28(25)15-13-21(31)14-16-28/h6-12,21,31H,4-5,13-18H2,1-3H3. The van der Waals surface area contributed by atoms with Crippen LogP contribution in [0, 0.1) is 5.82 Å². The number of hydrogen-bond acceptors (Lipinski definition) is 3. The molecule has 1 aromatic heterocycles. The Hall–Kier alpha value is -2.37. The van der Waals surface area contributed by atoms with Gasteiger partial charge in [0, 0.05) is 27.7 Å². The van der Waals surface area contributed by atoms with Gasteiger partial charge in [-0.05, 0) is 68.5 Å². The van der Waals surface area contributed by atoms with Gasteiger partial charge in [-0.15, -0.1) is 0 Å². The number of halogens is 1. The van der Waals surface area contributed by atoms with Crippen LogP contribution in [0.5, 0.6) is 5.75 Å². The van der Waals surface area contributed by atoms with Crippen LogP contribution in [0.2, 0.25) is 0 Å². The van der Waals surface area contributed by atoms with E-state index >= 15 is 0 Å². The number of nitrogens with zero attached hydrogens (tertiary/aromatic N) is 1. The van der Waals surface area contributed by atoms with Gasteiger partial charge < -0.3 is 19.1 Å². The molecule has 3 aromatic rings. The number of ether oxygens (including phenoxy) is 2. The van der Waals surface area contributed by atoms with Gasteiger partial charge >= 0.3 is 0 Å². The molecular formula is C28H34FNO3. The Kier molecular flexibility index (Phi) is 5.74. The number of rotatable bonds is 5. The first-order valence-corrected chi connectivity index (χ1v) is 12.3. The van der Waals surface area contributed by atoms with Gasteiger partial charge in [0.05, 0.1) is 30.4 Å². The van der Waals surface area contributed by atoms with Crippen molar-refractivity contribution in [1.82, 2.24) is 4.57 Å². The first-order valence-electron chi connectivity index (χ1n) is 12.3. The van der Waals surface area contributed by atoms with Crippen LogP contribution in [0.4, 0.5) is 4.39 Å². The second-order valence-corrected chi connectivity index (χ2v) is 10.3. The van der Waals surface area contributed by atoms with Crippen LogP contribution >= 0.6 is 0 Å². The summed E-state index contributed by atoms with van der Waals surface area (Å²) in [5.41, 5.74) is 3.71. The number of aliphatic hydroxyl groups is 1. The minimum absolute atomic E-state index is 0.243. The quantitative estimate of drug-likeness (QED) is 0.457. The molecule has 176 valence electrons. The third-order valence-corrected chi connectivity index (χ3v) is 7.36. The SMILES string of the molecule is CCCCOc1cccc2c1c1c(n2-c2ccc(F)cc2)C(C)(C)COC12CCC(O)CC2. The summed E-state index contributed by atoms with van der Waals surface area (Å²) in [5.74, 6) is 0.637. The molecule has 0 saturated heterocycles. The molecule has 0 radical (unpaired) electrons. The Bertz CT molecular complexity index is 1140. The van der Waals surface area contributed by atoms with E-state index in [1.165, 1.54) is 23.4 Å². The lowest BCUT2D eigenvalue weighted by Crippen LogP contribution is -2.46. The lowest BCUT2D eigenvalue weighted by molar-refractivity contribution is -0.120. The normalized spacial score (nSPS) is 24.2. The third kappa shape index (κ3) is 3.75. The first kappa shape index (κ1) is 22.4. The van der Waals surface area contributed by atoms with Gasteiger partial charge in [-0.3, -0.25) is 0 Å². The van der Waals surface area contributed by atoms with E-state index in [9.17, 15) is 9.50 Å². The summed E-state index contributed by atoms with van der Waals surface area (Å²) in [4.78, 5) is 0. The van der Waals surface area contributed by atoms with Crippen molar-refractivity contribution < 1.29 is 19.0 Å². The van der Waals surface area contributed by atoms with E-state index in [1.807, 2.05) is 18.2 Å². The number of benzene rings is 2. The van der Waals surface area contributed by atoms with Crippen molar-refractivity contribution in [2.75, 3.05) is 13.2 Å². The summed E-state index contributed by atoms with van der Waals surface area (Å²) in [7, 11) is 0. The highest BCUT2D eigenvalue weighted by atomic mass is 19.1. The van der Waals surface area contributed by atoms with Gasteiger partial charge in [0.15, 0.2) is 0 Å². The largest absolute Gasteiger partial charge is 0.493 e. The molecule has 5 rings (SSSR count). The molecule has 2 aromatic carbocycles. The number of aliphatic hydroxyl groups excluding tert-OH is 1. The van der Waals surface area contributed by atoms with Gasteiger partial charge in [0.25, 0.3) is 0 Å². The lowest BCUT2D eigenvalue weighted by Gasteiger charge is -2.47. The van der Waals surface area contributed by atoms with E-state index < -0.39 is 5.60 Å². The zero-order valence-corrected chi connectivity index (χ0v) is 19.9. The lowest BCUT2D eigenvalue weighted by atomic mass is 9.71. The maximum atomic E-state index is 13.8. The van der Waals surface area contributed by atoms with E-state index in [-0.39, 0.29) is 17.3 Å². The molecule has 1 fully saturated rings. The van der Waals surface area contributed by atoms with Gasteiger partial charge in [0.2, 0.25) is 0 Å². The molecule has 1 aliphatic carbocycles. The van der Waals surface area contributed by atoms with Crippen LogP contribution in [0.25, 0.3) is 16.6 Å². The predicted molar refractivity (Wildman–Crippen MR) is 129 cm³/mol. The second-order valence-electron chi connectivity index (χ2n) is 10.3. The molecule has 1 saturated carbocycles.